The molecule has 0 saturated carbocycles. The van der Waals surface area contributed by atoms with Crippen LogP contribution < -0.4 is 5.32 Å². The second-order valence-electron chi connectivity index (χ2n) is 3.96. The predicted molar refractivity (Wildman–Crippen MR) is 59.7 cm³/mol. The summed E-state index contributed by atoms with van der Waals surface area (Å²) in [5.74, 6) is 0.954. The van der Waals surface area contributed by atoms with E-state index in [-0.39, 0.29) is 6.04 Å². The zero-order chi connectivity index (χ0) is 11.4. The quantitative estimate of drug-likeness (QED) is 0.831. The zero-order valence-electron chi connectivity index (χ0n) is 9.50. The highest BCUT2D eigenvalue weighted by atomic mass is 16.3. The average Bonchev–Trinajstić information content (AvgIpc) is 2.88. The predicted octanol–water partition coefficient (Wildman–Crippen LogP) is 1.61. The largest absolute Gasteiger partial charge is 0.468 e. The van der Waals surface area contributed by atoms with E-state index in [1.165, 1.54) is 0 Å². The lowest BCUT2D eigenvalue weighted by Crippen LogP contribution is -2.32. The summed E-state index contributed by atoms with van der Waals surface area (Å²) in [5.41, 5.74) is 0. The van der Waals surface area contributed by atoms with E-state index in [1.807, 2.05) is 16.7 Å². The molecule has 0 aliphatic carbocycles. The Morgan fingerprint density at radius 1 is 1.38 bits per heavy atom. The van der Waals surface area contributed by atoms with Crippen LogP contribution >= 0.6 is 0 Å². The van der Waals surface area contributed by atoms with Gasteiger partial charge in [-0.1, -0.05) is 0 Å². The SMILES string of the molecule is CC(Cn1cnnc1)NC(C)c1ccco1. The van der Waals surface area contributed by atoms with Crippen molar-refractivity contribution in [1.82, 2.24) is 20.1 Å². The number of hydrogen-bond donors (Lipinski definition) is 1. The number of furan rings is 1. The van der Waals surface area contributed by atoms with Crippen molar-refractivity contribution >= 4 is 0 Å². The molecule has 5 heteroatoms. The Morgan fingerprint density at radius 3 is 2.75 bits per heavy atom. The molecule has 0 amide bonds. The summed E-state index contributed by atoms with van der Waals surface area (Å²) in [6.45, 7) is 5.05. The van der Waals surface area contributed by atoms with Gasteiger partial charge in [-0.25, -0.2) is 0 Å². The minimum Gasteiger partial charge on any atom is -0.468 e. The lowest BCUT2D eigenvalue weighted by Gasteiger charge is -2.18. The molecule has 0 aliphatic heterocycles. The van der Waals surface area contributed by atoms with Crippen LogP contribution in [0.25, 0.3) is 0 Å². The Morgan fingerprint density at radius 2 is 2.12 bits per heavy atom. The molecule has 0 fully saturated rings. The first-order chi connectivity index (χ1) is 7.75. The van der Waals surface area contributed by atoms with Crippen LogP contribution in [0.15, 0.2) is 35.5 Å². The van der Waals surface area contributed by atoms with Crippen LogP contribution in [-0.4, -0.2) is 20.8 Å². The zero-order valence-corrected chi connectivity index (χ0v) is 9.50. The van der Waals surface area contributed by atoms with Gasteiger partial charge in [0.15, 0.2) is 0 Å². The molecular weight excluding hydrogens is 204 g/mol. The number of rotatable bonds is 5. The van der Waals surface area contributed by atoms with Crippen molar-refractivity contribution in [2.75, 3.05) is 0 Å². The normalized spacial score (nSPS) is 14.9. The Bertz CT molecular complexity index is 396. The van der Waals surface area contributed by atoms with Gasteiger partial charge in [-0.15, -0.1) is 10.2 Å². The van der Waals surface area contributed by atoms with Crippen LogP contribution in [0.3, 0.4) is 0 Å². The summed E-state index contributed by atoms with van der Waals surface area (Å²) in [4.78, 5) is 0. The first-order valence-corrected chi connectivity index (χ1v) is 5.37. The summed E-state index contributed by atoms with van der Waals surface area (Å²) < 4.78 is 7.29. The Hall–Kier alpha value is -1.62. The Kier molecular flexibility index (Phi) is 3.36. The molecule has 0 saturated heterocycles. The fraction of sp³-hybridized carbons (Fsp3) is 0.455. The fourth-order valence-corrected chi connectivity index (χ4v) is 1.73. The second kappa shape index (κ2) is 4.94. The molecule has 1 N–H and O–H groups in total. The lowest BCUT2D eigenvalue weighted by atomic mass is 10.2. The van der Waals surface area contributed by atoms with Crippen LogP contribution in [0.5, 0.6) is 0 Å². The van der Waals surface area contributed by atoms with Crippen molar-refractivity contribution in [1.29, 1.82) is 0 Å². The van der Waals surface area contributed by atoms with Crippen molar-refractivity contribution in [2.24, 2.45) is 0 Å². The smallest absolute Gasteiger partial charge is 0.120 e. The lowest BCUT2D eigenvalue weighted by molar-refractivity contribution is 0.376. The molecule has 86 valence electrons. The van der Waals surface area contributed by atoms with E-state index in [0.29, 0.717) is 6.04 Å². The maximum Gasteiger partial charge on any atom is 0.120 e. The molecule has 16 heavy (non-hydrogen) atoms. The first kappa shape index (κ1) is 10.9. The van der Waals surface area contributed by atoms with E-state index in [4.69, 9.17) is 4.42 Å². The van der Waals surface area contributed by atoms with Gasteiger partial charge >= 0.3 is 0 Å². The summed E-state index contributed by atoms with van der Waals surface area (Å²) in [7, 11) is 0. The summed E-state index contributed by atoms with van der Waals surface area (Å²) in [5, 5.41) is 11.0. The van der Waals surface area contributed by atoms with E-state index in [1.54, 1.807) is 18.9 Å². The molecular formula is C11H16N4O. The van der Waals surface area contributed by atoms with Crippen LogP contribution in [0, 0.1) is 0 Å². The third-order valence-electron chi connectivity index (χ3n) is 2.46. The van der Waals surface area contributed by atoms with Gasteiger partial charge in [0.1, 0.15) is 18.4 Å². The number of nitrogens with one attached hydrogen (secondary N) is 1. The molecule has 0 bridgehead atoms. The molecule has 0 aromatic carbocycles. The minimum absolute atomic E-state index is 0.210. The molecule has 0 spiro atoms. The van der Waals surface area contributed by atoms with E-state index >= 15 is 0 Å². The molecule has 0 radical (unpaired) electrons. The van der Waals surface area contributed by atoms with Crippen LogP contribution in [-0.2, 0) is 6.54 Å². The molecule has 5 nitrogen and oxygen atoms in total. The molecule has 2 heterocycles. The summed E-state index contributed by atoms with van der Waals surface area (Å²) >= 11 is 0. The van der Waals surface area contributed by atoms with Gasteiger partial charge in [0.2, 0.25) is 0 Å². The Labute approximate surface area is 94.5 Å². The van der Waals surface area contributed by atoms with E-state index in [9.17, 15) is 0 Å². The standard InChI is InChI=1S/C11H16N4O/c1-9(6-15-7-12-13-8-15)14-10(2)11-4-3-5-16-11/h3-5,7-10,14H,6H2,1-2H3. The Balaban J connectivity index is 1.85. The molecule has 2 aromatic rings. The number of nitrogens with zero attached hydrogens (tertiary/aromatic N) is 3. The molecule has 2 atom stereocenters. The van der Waals surface area contributed by atoms with Crippen molar-refractivity contribution < 1.29 is 4.42 Å². The molecule has 2 rings (SSSR count). The monoisotopic (exact) mass is 220 g/mol. The maximum absolute atomic E-state index is 5.34. The van der Waals surface area contributed by atoms with Gasteiger partial charge in [0, 0.05) is 12.6 Å². The van der Waals surface area contributed by atoms with Crippen molar-refractivity contribution in [3.63, 3.8) is 0 Å². The third-order valence-corrected chi connectivity index (χ3v) is 2.46. The van der Waals surface area contributed by atoms with Crippen LogP contribution in [0.4, 0.5) is 0 Å². The third kappa shape index (κ3) is 2.70. The highest BCUT2D eigenvalue weighted by molar-refractivity contribution is 5.03. The van der Waals surface area contributed by atoms with Gasteiger partial charge in [0.25, 0.3) is 0 Å². The van der Waals surface area contributed by atoms with Crippen molar-refractivity contribution in [2.45, 2.75) is 32.5 Å². The van der Waals surface area contributed by atoms with Gasteiger partial charge in [-0.3, -0.25) is 0 Å². The van der Waals surface area contributed by atoms with Gasteiger partial charge < -0.3 is 14.3 Å². The average molecular weight is 220 g/mol. The second-order valence-corrected chi connectivity index (χ2v) is 3.96. The van der Waals surface area contributed by atoms with Crippen LogP contribution in [0.1, 0.15) is 25.6 Å². The highest BCUT2D eigenvalue weighted by Gasteiger charge is 2.11. The van der Waals surface area contributed by atoms with E-state index in [2.05, 4.69) is 29.4 Å². The number of aromatic nitrogens is 3. The minimum atomic E-state index is 0.210. The van der Waals surface area contributed by atoms with Gasteiger partial charge in [-0.05, 0) is 26.0 Å². The van der Waals surface area contributed by atoms with Crippen LogP contribution in [0.2, 0.25) is 0 Å². The highest BCUT2D eigenvalue weighted by Crippen LogP contribution is 2.13. The topological polar surface area (TPSA) is 55.9 Å². The van der Waals surface area contributed by atoms with Crippen molar-refractivity contribution in [3.8, 4) is 0 Å². The first-order valence-electron chi connectivity index (χ1n) is 5.37. The maximum atomic E-state index is 5.34. The molecule has 2 aromatic heterocycles. The summed E-state index contributed by atoms with van der Waals surface area (Å²) in [6.07, 6.45) is 5.13. The molecule has 2 unspecified atom stereocenters. The fourth-order valence-electron chi connectivity index (χ4n) is 1.73. The molecule has 0 aliphatic rings. The van der Waals surface area contributed by atoms with Crippen molar-refractivity contribution in [3.05, 3.63) is 36.8 Å². The number of hydrogen-bond acceptors (Lipinski definition) is 4. The van der Waals surface area contributed by atoms with Gasteiger partial charge in [-0.2, -0.15) is 0 Å². The van der Waals surface area contributed by atoms with E-state index in [0.717, 1.165) is 12.3 Å². The van der Waals surface area contributed by atoms with Gasteiger partial charge in [0.05, 0.1) is 12.3 Å². The van der Waals surface area contributed by atoms with E-state index < -0.39 is 0 Å². The summed E-state index contributed by atoms with van der Waals surface area (Å²) in [6, 6.07) is 4.42.